The third-order valence-electron chi connectivity index (χ3n) is 4.83. The molecule has 2 aromatic rings. The van der Waals surface area contributed by atoms with E-state index in [-0.39, 0.29) is 17.3 Å². The highest BCUT2D eigenvalue weighted by molar-refractivity contribution is 6.07. The van der Waals surface area contributed by atoms with Crippen LogP contribution in [-0.4, -0.2) is 23.2 Å². The number of ketones is 1. The summed E-state index contributed by atoms with van der Waals surface area (Å²) in [5, 5.41) is 5.88. The Labute approximate surface area is 152 Å². The summed E-state index contributed by atoms with van der Waals surface area (Å²) in [6.07, 6.45) is 2.01. The molecule has 0 saturated carbocycles. The number of nitrogens with one attached hydrogen (secondary N) is 3. The van der Waals surface area contributed by atoms with Crippen molar-refractivity contribution < 1.29 is 14.0 Å². The van der Waals surface area contributed by atoms with Gasteiger partial charge < -0.3 is 15.6 Å². The zero-order valence-electron chi connectivity index (χ0n) is 15.4. The summed E-state index contributed by atoms with van der Waals surface area (Å²) < 4.78 is 14.8. The minimum absolute atomic E-state index is 0.0753. The van der Waals surface area contributed by atoms with Crippen LogP contribution in [0.2, 0.25) is 0 Å². The van der Waals surface area contributed by atoms with Gasteiger partial charge in [-0.15, -0.1) is 0 Å². The predicted octanol–water partition coefficient (Wildman–Crippen LogP) is 3.52. The number of benzene rings is 1. The van der Waals surface area contributed by atoms with Crippen molar-refractivity contribution in [3.8, 4) is 0 Å². The highest BCUT2D eigenvalue weighted by Crippen LogP contribution is 2.26. The van der Waals surface area contributed by atoms with Crippen LogP contribution in [0, 0.1) is 12.7 Å². The van der Waals surface area contributed by atoms with Gasteiger partial charge in [-0.3, -0.25) is 9.59 Å². The van der Waals surface area contributed by atoms with Crippen LogP contribution in [0.1, 0.15) is 63.5 Å². The topological polar surface area (TPSA) is 74.0 Å². The van der Waals surface area contributed by atoms with Crippen LogP contribution in [0.4, 0.5) is 10.1 Å². The van der Waals surface area contributed by atoms with Gasteiger partial charge in [0.1, 0.15) is 11.5 Å². The summed E-state index contributed by atoms with van der Waals surface area (Å²) in [5.74, 6) is -0.866. The Bertz CT molecular complexity index is 870. The van der Waals surface area contributed by atoms with Crippen molar-refractivity contribution in [2.75, 3.05) is 11.9 Å². The molecule has 0 radical (unpaired) electrons. The molecule has 1 aliphatic rings. The standard InChI is InChI=1S/C20H24FN3O2/c1-4-5-15-17(12(3)25)11(2)23-19(15)20(26)24-16-7-6-13-10-22-9-8-14(13)18(16)21/h6-7,22-23H,4-5,8-10H2,1-3H3,(H,24,26). The van der Waals surface area contributed by atoms with Crippen molar-refractivity contribution in [2.45, 2.75) is 46.6 Å². The zero-order valence-corrected chi connectivity index (χ0v) is 15.4. The van der Waals surface area contributed by atoms with Gasteiger partial charge in [0.2, 0.25) is 0 Å². The van der Waals surface area contributed by atoms with Crippen molar-refractivity contribution >= 4 is 17.4 Å². The fourth-order valence-corrected chi connectivity index (χ4v) is 3.66. The van der Waals surface area contributed by atoms with E-state index in [1.807, 2.05) is 13.0 Å². The van der Waals surface area contributed by atoms with Crippen molar-refractivity contribution in [1.82, 2.24) is 10.3 Å². The van der Waals surface area contributed by atoms with Gasteiger partial charge in [-0.1, -0.05) is 19.4 Å². The second kappa shape index (κ2) is 7.41. The van der Waals surface area contributed by atoms with Gasteiger partial charge in [0.25, 0.3) is 5.91 Å². The Hall–Kier alpha value is -2.47. The van der Waals surface area contributed by atoms with Crippen LogP contribution in [0.15, 0.2) is 12.1 Å². The molecule has 1 aliphatic heterocycles. The van der Waals surface area contributed by atoms with E-state index in [0.717, 1.165) is 18.5 Å². The van der Waals surface area contributed by atoms with Gasteiger partial charge in [-0.05, 0) is 56.0 Å². The van der Waals surface area contributed by atoms with Crippen molar-refractivity contribution in [1.29, 1.82) is 0 Å². The Morgan fingerprint density at radius 2 is 2.08 bits per heavy atom. The van der Waals surface area contributed by atoms with Gasteiger partial charge >= 0.3 is 0 Å². The monoisotopic (exact) mass is 357 g/mol. The number of aromatic nitrogens is 1. The highest BCUT2D eigenvalue weighted by atomic mass is 19.1. The van der Waals surface area contributed by atoms with Crippen LogP contribution in [0.5, 0.6) is 0 Å². The number of Topliss-reactive ketones (excluding diaryl/α,β-unsaturated/α-hetero) is 1. The number of aromatic amines is 1. The first-order valence-corrected chi connectivity index (χ1v) is 8.98. The highest BCUT2D eigenvalue weighted by Gasteiger charge is 2.24. The summed E-state index contributed by atoms with van der Waals surface area (Å²) in [6.45, 7) is 6.62. The molecular formula is C20H24FN3O2. The van der Waals surface area contributed by atoms with Crippen LogP contribution < -0.4 is 10.6 Å². The molecule has 6 heteroatoms. The molecule has 0 bridgehead atoms. The van der Waals surface area contributed by atoms with Crippen molar-refractivity contribution in [2.24, 2.45) is 0 Å². The van der Waals surface area contributed by atoms with E-state index in [4.69, 9.17) is 0 Å². The Morgan fingerprint density at radius 1 is 1.31 bits per heavy atom. The maximum Gasteiger partial charge on any atom is 0.272 e. The number of hydrogen-bond donors (Lipinski definition) is 3. The number of carbonyl (C=O) groups excluding carboxylic acids is 2. The summed E-state index contributed by atoms with van der Waals surface area (Å²) in [6, 6.07) is 3.44. The summed E-state index contributed by atoms with van der Waals surface area (Å²) in [5.41, 5.74) is 4.04. The average molecular weight is 357 g/mol. The molecular weight excluding hydrogens is 333 g/mol. The van der Waals surface area contributed by atoms with E-state index in [9.17, 15) is 14.0 Å². The molecule has 0 saturated heterocycles. The molecule has 0 spiro atoms. The molecule has 3 rings (SSSR count). The smallest absolute Gasteiger partial charge is 0.272 e. The number of carbonyl (C=O) groups is 2. The first-order valence-electron chi connectivity index (χ1n) is 8.98. The second-order valence-electron chi connectivity index (χ2n) is 6.73. The van der Waals surface area contributed by atoms with E-state index in [2.05, 4.69) is 15.6 Å². The van der Waals surface area contributed by atoms with Gasteiger partial charge in [-0.25, -0.2) is 4.39 Å². The largest absolute Gasteiger partial charge is 0.354 e. The van der Waals surface area contributed by atoms with Crippen LogP contribution in [0.3, 0.4) is 0 Å². The lowest BCUT2D eigenvalue weighted by Crippen LogP contribution is -2.25. The molecule has 138 valence electrons. The number of fused-ring (bicyclic) bond motifs is 1. The van der Waals surface area contributed by atoms with E-state index in [1.165, 1.54) is 6.92 Å². The number of hydrogen-bond acceptors (Lipinski definition) is 3. The first kappa shape index (κ1) is 18.3. The Kier molecular flexibility index (Phi) is 5.23. The van der Waals surface area contributed by atoms with Gasteiger partial charge in [0, 0.05) is 17.8 Å². The molecule has 5 nitrogen and oxygen atoms in total. The fraction of sp³-hybridized carbons (Fsp3) is 0.400. The second-order valence-corrected chi connectivity index (χ2v) is 6.73. The minimum Gasteiger partial charge on any atom is -0.354 e. The molecule has 1 amide bonds. The molecule has 1 aromatic carbocycles. The van der Waals surface area contributed by atoms with E-state index in [1.54, 1.807) is 13.0 Å². The van der Waals surface area contributed by atoms with Gasteiger partial charge in [0.15, 0.2) is 5.78 Å². The Morgan fingerprint density at radius 3 is 2.77 bits per heavy atom. The lowest BCUT2D eigenvalue weighted by molar-refractivity contribution is 0.101. The van der Waals surface area contributed by atoms with Crippen LogP contribution in [0.25, 0.3) is 0 Å². The molecule has 0 aliphatic carbocycles. The number of rotatable bonds is 5. The quantitative estimate of drug-likeness (QED) is 0.717. The summed E-state index contributed by atoms with van der Waals surface area (Å²) in [4.78, 5) is 27.8. The molecule has 2 heterocycles. The molecule has 0 unspecified atom stereocenters. The van der Waals surface area contributed by atoms with E-state index in [0.29, 0.717) is 47.5 Å². The molecule has 0 atom stereocenters. The number of H-pyrrole nitrogens is 1. The number of halogens is 1. The first-order chi connectivity index (χ1) is 12.4. The lowest BCUT2D eigenvalue weighted by Gasteiger charge is -2.19. The van der Waals surface area contributed by atoms with E-state index >= 15 is 0 Å². The maximum atomic E-state index is 14.8. The Balaban J connectivity index is 1.94. The van der Waals surface area contributed by atoms with Crippen LogP contribution >= 0.6 is 0 Å². The molecule has 3 N–H and O–H groups in total. The molecule has 1 aromatic heterocycles. The van der Waals surface area contributed by atoms with Crippen molar-refractivity contribution in [3.63, 3.8) is 0 Å². The third kappa shape index (κ3) is 3.29. The SMILES string of the molecule is CCCc1c(C(=O)Nc2ccc3c(c2F)CCNC3)[nH]c(C)c1C(C)=O. The lowest BCUT2D eigenvalue weighted by atomic mass is 9.99. The van der Waals surface area contributed by atoms with Crippen LogP contribution in [-0.2, 0) is 19.4 Å². The maximum absolute atomic E-state index is 14.8. The third-order valence-corrected chi connectivity index (χ3v) is 4.83. The fourth-order valence-electron chi connectivity index (χ4n) is 3.66. The normalized spacial score (nSPS) is 13.4. The number of aryl methyl sites for hydroxylation is 1. The van der Waals surface area contributed by atoms with E-state index < -0.39 is 5.91 Å². The molecule has 26 heavy (non-hydrogen) atoms. The minimum atomic E-state index is -0.420. The zero-order chi connectivity index (χ0) is 18.8. The average Bonchev–Trinajstić information content (AvgIpc) is 2.94. The summed E-state index contributed by atoms with van der Waals surface area (Å²) in [7, 11) is 0. The summed E-state index contributed by atoms with van der Waals surface area (Å²) >= 11 is 0. The van der Waals surface area contributed by atoms with Gasteiger partial charge in [0.05, 0.1) is 5.69 Å². The number of amides is 1. The predicted molar refractivity (Wildman–Crippen MR) is 99.3 cm³/mol. The van der Waals surface area contributed by atoms with Crippen molar-refractivity contribution in [3.05, 3.63) is 51.6 Å². The van der Waals surface area contributed by atoms with Gasteiger partial charge in [-0.2, -0.15) is 0 Å². The number of anilines is 1. The molecule has 0 fully saturated rings.